The van der Waals surface area contributed by atoms with Gasteiger partial charge in [-0.1, -0.05) is 13.8 Å². The molecule has 1 aromatic rings. The maximum absolute atomic E-state index is 11.9. The number of likely N-dealkylation sites (N-methyl/N-ethyl adjacent to an activating group) is 1. The third kappa shape index (κ3) is 3.20. The van der Waals surface area contributed by atoms with Crippen LogP contribution in [0.3, 0.4) is 0 Å². The second kappa shape index (κ2) is 5.71. The third-order valence-corrected chi connectivity index (χ3v) is 2.58. The molecule has 1 aromatic heterocycles. The Labute approximate surface area is 91.7 Å². The maximum Gasteiger partial charge on any atom is 0.193 e. The second-order valence-electron chi connectivity index (χ2n) is 3.80. The molecule has 0 saturated carbocycles. The van der Waals surface area contributed by atoms with E-state index < -0.39 is 0 Å². The van der Waals surface area contributed by atoms with Gasteiger partial charge in [0.15, 0.2) is 5.78 Å². The number of aromatic nitrogens is 1. The molecule has 15 heavy (non-hydrogen) atoms. The fraction of sp³-hybridized carbons (Fsp3) is 0.583. The van der Waals surface area contributed by atoms with Crippen molar-refractivity contribution < 1.29 is 4.79 Å². The van der Waals surface area contributed by atoms with Gasteiger partial charge in [-0.15, -0.1) is 0 Å². The molecule has 1 heterocycles. The Hall–Kier alpha value is -1.09. The lowest BCUT2D eigenvalue weighted by Gasteiger charge is -2.18. The van der Waals surface area contributed by atoms with Crippen molar-refractivity contribution in [2.24, 2.45) is 7.05 Å². The quantitative estimate of drug-likeness (QED) is 0.667. The number of Topliss-reactive ketones (excluding diaryl/α,β-unsaturated/α-hetero) is 1. The molecule has 0 aliphatic rings. The molecule has 0 N–H and O–H groups in total. The van der Waals surface area contributed by atoms with Gasteiger partial charge in [0, 0.05) is 13.2 Å². The maximum atomic E-state index is 11.9. The average molecular weight is 208 g/mol. The van der Waals surface area contributed by atoms with E-state index in [0.717, 1.165) is 25.2 Å². The Balaban J connectivity index is 2.58. The van der Waals surface area contributed by atoms with Crippen LogP contribution >= 0.6 is 0 Å². The van der Waals surface area contributed by atoms with Crippen molar-refractivity contribution in [3.05, 3.63) is 24.0 Å². The van der Waals surface area contributed by atoms with Crippen LogP contribution in [0.5, 0.6) is 0 Å². The zero-order valence-corrected chi connectivity index (χ0v) is 9.86. The molecule has 0 spiro atoms. The molecule has 0 amide bonds. The number of nitrogens with zero attached hydrogens (tertiary/aromatic N) is 2. The predicted molar refractivity (Wildman–Crippen MR) is 62.1 cm³/mol. The molecule has 0 radical (unpaired) electrons. The van der Waals surface area contributed by atoms with Crippen LogP contribution in [0.25, 0.3) is 0 Å². The van der Waals surface area contributed by atoms with Gasteiger partial charge in [0.25, 0.3) is 0 Å². The minimum absolute atomic E-state index is 0.206. The molecule has 0 unspecified atom stereocenters. The van der Waals surface area contributed by atoms with Crippen LogP contribution < -0.4 is 0 Å². The van der Waals surface area contributed by atoms with Crippen LogP contribution in [-0.4, -0.2) is 34.9 Å². The first-order valence-corrected chi connectivity index (χ1v) is 5.55. The van der Waals surface area contributed by atoms with Crippen molar-refractivity contribution in [2.45, 2.75) is 20.3 Å². The molecule has 1 rings (SSSR count). The van der Waals surface area contributed by atoms with E-state index in [2.05, 4.69) is 18.7 Å². The lowest BCUT2D eigenvalue weighted by atomic mass is 10.2. The van der Waals surface area contributed by atoms with E-state index in [1.54, 1.807) is 0 Å². The van der Waals surface area contributed by atoms with Gasteiger partial charge in [-0.05, 0) is 31.6 Å². The first-order valence-electron chi connectivity index (χ1n) is 5.55. The van der Waals surface area contributed by atoms with Crippen molar-refractivity contribution in [3.8, 4) is 0 Å². The summed E-state index contributed by atoms with van der Waals surface area (Å²) in [5, 5.41) is 0. The van der Waals surface area contributed by atoms with E-state index in [1.807, 2.05) is 29.9 Å². The van der Waals surface area contributed by atoms with Crippen molar-refractivity contribution in [2.75, 3.05) is 19.6 Å². The summed E-state index contributed by atoms with van der Waals surface area (Å²) >= 11 is 0. The van der Waals surface area contributed by atoms with E-state index in [9.17, 15) is 4.79 Å². The predicted octanol–water partition coefficient (Wildman–Crippen LogP) is 1.94. The first kappa shape index (κ1) is 12.0. The molecule has 3 heteroatoms. The molecule has 0 fully saturated rings. The van der Waals surface area contributed by atoms with Crippen LogP contribution in [0.4, 0.5) is 0 Å². The fourth-order valence-corrected chi connectivity index (χ4v) is 1.70. The molecule has 84 valence electrons. The summed E-state index contributed by atoms with van der Waals surface area (Å²) in [5.74, 6) is 0.206. The van der Waals surface area contributed by atoms with Gasteiger partial charge in [-0.25, -0.2) is 0 Å². The van der Waals surface area contributed by atoms with Crippen LogP contribution in [-0.2, 0) is 7.05 Å². The molecule has 0 aromatic carbocycles. The number of ketones is 1. The number of aryl methyl sites for hydroxylation is 1. The van der Waals surface area contributed by atoms with Crippen molar-refractivity contribution in [1.82, 2.24) is 9.47 Å². The zero-order chi connectivity index (χ0) is 11.3. The number of hydrogen-bond acceptors (Lipinski definition) is 2. The average Bonchev–Trinajstić information content (AvgIpc) is 2.63. The Morgan fingerprint density at radius 3 is 2.67 bits per heavy atom. The summed E-state index contributed by atoms with van der Waals surface area (Å²) in [6.45, 7) is 6.68. The molecule has 0 atom stereocenters. The van der Waals surface area contributed by atoms with Crippen LogP contribution in [0.2, 0.25) is 0 Å². The minimum Gasteiger partial charge on any atom is -0.348 e. The summed E-state index contributed by atoms with van der Waals surface area (Å²) in [4.78, 5) is 14.1. The van der Waals surface area contributed by atoms with Gasteiger partial charge in [-0.2, -0.15) is 0 Å². The Bertz CT molecular complexity index is 317. The molecule has 0 aliphatic heterocycles. The zero-order valence-electron chi connectivity index (χ0n) is 9.86. The molecular weight excluding hydrogens is 188 g/mol. The number of carbonyl (C=O) groups excluding carboxylic acids is 1. The Morgan fingerprint density at radius 1 is 1.47 bits per heavy atom. The lowest BCUT2D eigenvalue weighted by molar-refractivity contribution is 0.0926. The van der Waals surface area contributed by atoms with Crippen LogP contribution in [0.15, 0.2) is 18.3 Å². The fourth-order valence-electron chi connectivity index (χ4n) is 1.70. The topological polar surface area (TPSA) is 25.2 Å². The van der Waals surface area contributed by atoms with E-state index in [-0.39, 0.29) is 5.78 Å². The van der Waals surface area contributed by atoms with E-state index >= 15 is 0 Å². The minimum atomic E-state index is 0.206. The SMILES string of the molecule is CCCN(CC)CC(=O)c1cccn1C. The van der Waals surface area contributed by atoms with E-state index in [4.69, 9.17) is 0 Å². The summed E-state index contributed by atoms with van der Waals surface area (Å²) in [6, 6.07) is 3.78. The monoisotopic (exact) mass is 208 g/mol. The number of hydrogen-bond donors (Lipinski definition) is 0. The Morgan fingerprint density at radius 2 is 2.20 bits per heavy atom. The summed E-state index contributed by atoms with van der Waals surface area (Å²) < 4.78 is 1.88. The third-order valence-electron chi connectivity index (χ3n) is 2.58. The van der Waals surface area contributed by atoms with Gasteiger partial charge >= 0.3 is 0 Å². The highest BCUT2D eigenvalue weighted by atomic mass is 16.1. The van der Waals surface area contributed by atoms with Gasteiger partial charge in [-0.3, -0.25) is 9.69 Å². The van der Waals surface area contributed by atoms with Gasteiger partial charge < -0.3 is 4.57 Å². The Kier molecular flexibility index (Phi) is 4.56. The number of rotatable bonds is 6. The number of carbonyl (C=O) groups is 1. The largest absolute Gasteiger partial charge is 0.348 e. The molecule has 3 nitrogen and oxygen atoms in total. The van der Waals surface area contributed by atoms with Crippen molar-refractivity contribution in [1.29, 1.82) is 0 Å². The normalized spacial score (nSPS) is 10.9. The highest BCUT2D eigenvalue weighted by molar-refractivity contribution is 5.96. The van der Waals surface area contributed by atoms with Gasteiger partial charge in [0.2, 0.25) is 0 Å². The van der Waals surface area contributed by atoms with Gasteiger partial charge in [0.1, 0.15) is 0 Å². The van der Waals surface area contributed by atoms with Crippen molar-refractivity contribution in [3.63, 3.8) is 0 Å². The van der Waals surface area contributed by atoms with Crippen LogP contribution in [0.1, 0.15) is 30.8 Å². The summed E-state index contributed by atoms with van der Waals surface area (Å²) in [6.07, 6.45) is 3.00. The van der Waals surface area contributed by atoms with Gasteiger partial charge in [0.05, 0.1) is 12.2 Å². The highest BCUT2D eigenvalue weighted by Gasteiger charge is 2.12. The first-order chi connectivity index (χ1) is 7.19. The molecular formula is C12H20N2O. The van der Waals surface area contributed by atoms with Crippen molar-refractivity contribution >= 4 is 5.78 Å². The van der Waals surface area contributed by atoms with E-state index in [1.165, 1.54) is 0 Å². The molecule has 0 bridgehead atoms. The highest BCUT2D eigenvalue weighted by Crippen LogP contribution is 2.03. The smallest absolute Gasteiger partial charge is 0.193 e. The lowest BCUT2D eigenvalue weighted by Crippen LogP contribution is -2.31. The van der Waals surface area contributed by atoms with Crippen LogP contribution in [0, 0.1) is 0 Å². The molecule has 0 saturated heterocycles. The summed E-state index contributed by atoms with van der Waals surface area (Å²) in [7, 11) is 1.91. The second-order valence-corrected chi connectivity index (χ2v) is 3.80. The standard InChI is InChI=1S/C12H20N2O/c1-4-8-14(5-2)10-12(15)11-7-6-9-13(11)3/h6-7,9H,4-5,8,10H2,1-3H3. The summed E-state index contributed by atoms with van der Waals surface area (Å²) in [5.41, 5.74) is 0.796. The van der Waals surface area contributed by atoms with E-state index in [0.29, 0.717) is 6.54 Å². The molecule has 0 aliphatic carbocycles.